The number of anilines is 1. The number of nitrogens with zero attached hydrogens (tertiary/aromatic N) is 3. The van der Waals surface area contributed by atoms with Gasteiger partial charge in [-0.15, -0.1) is 0 Å². The van der Waals surface area contributed by atoms with Gasteiger partial charge in [-0.3, -0.25) is 10.1 Å². The van der Waals surface area contributed by atoms with Gasteiger partial charge >= 0.3 is 6.03 Å². The zero-order valence-corrected chi connectivity index (χ0v) is 12.3. The Balaban J connectivity index is 2.80. The number of nitro benzene ring substituents is 1. The lowest BCUT2D eigenvalue weighted by atomic mass is 10.2. The quantitative estimate of drug-likeness (QED) is 0.665. The number of carbonyl (C=O) groups is 1. The molecule has 1 N–H and O–H groups in total. The van der Waals surface area contributed by atoms with Gasteiger partial charge in [-0.05, 0) is 32.9 Å². The monoisotopic (exact) mass is 290 g/mol. The highest BCUT2D eigenvalue weighted by Gasteiger charge is 2.16. The molecule has 0 aliphatic rings. The molecule has 0 aromatic heterocycles. The van der Waals surface area contributed by atoms with Crippen molar-refractivity contribution in [1.29, 1.82) is 5.26 Å². The Morgan fingerprint density at radius 3 is 2.71 bits per heavy atom. The van der Waals surface area contributed by atoms with E-state index in [4.69, 9.17) is 5.26 Å². The second kappa shape index (κ2) is 7.24. The Labute approximate surface area is 123 Å². The Morgan fingerprint density at radius 2 is 2.24 bits per heavy atom. The number of benzene rings is 1. The smallest absolute Gasteiger partial charge is 0.321 e. The van der Waals surface area contributed by atoms with E-state index in [2.05, 4.69) is 11.4 Å². The molecule has 21 heavy (non-hydrogen) atoms. The fourth-order valence-electron chi connectivity index (χ4n) is 1.87. The molecule has 0 aliphatic heterocycles. The number of rotatable bonds is 5. The molecule has 0 spiro atoms. The SMILES string of the molecule is CCN(CC(C)C#N)C(=O)Nc1ccc([N+](=O)[O-])c(C)c1. The van der Waals surface area contributed by atoms with Crippen LogP contribution in [0.2, 0.25) is 0 Å². The van der Waals surface area contributed by atoms with Crippen molar-refractivity contribution in [1.82, 2.24) is 4.90 Å². The summed E-state index contributed by atoms with van der Waals surface area (Å²) in [5, 5.41) is 22.2. The Morgan fingerprint density at radius 1 is 1.57 bits per heavy atom. The van der Waals surface area contributed by atoms with Crippen molar-refractivity contribution in [2.45, 2.75) is 20.8 Å². The summed E-state index contributed by atoms with van der Waals surface area (Å²) in [6.45, 7) is 5.99. The van der Waals surface area contributed by atoms with E-state index in [9.17, 15) is 14.9 Å². The molecule has 2 amide bonds. The van der Waals surface area contributed by atoms with Gasteiger partial charge in [0.15, 0.2) is 0 Å². The summed E-state index contributed by atoms with van der Waals surface area (Å²) in [6, 6.07) is 6.16. The largest absolute Gasteiger partial charge is 0.324 e. The molecule has 112 valence electrons. The number of nitrogens with one attached hydrogen (secondary N) is 1. The Bertz CT molecular complexity index is 580. The molecular weight excluding hydrogens is 272 g/mol. The average Bonchev–Trinajstić information content (AvgIpc) is 2.43. The van der Waals surface area contributed by atoms with Gasteiger partial charge in [-0.2, -0.15) is 5.26 Å². The number of carbonyl (C=O) groups excluding carboxylic acids is 1. The molecule has 0 fully saturated rings. The first-order valence-corrected chi connectivity index (χ1v) is 6.59. The summed E-state index contributed by atoms with van der Waals surface area (Å²) in [4.78, 5) is 23.9. The molecule has 0 heterocycles. The van der Waals surface area contributed by atoms with Crippen LogP contribution in [0.25, 0.3) is 0 Å². The van der Waals surface area contributed by atoms with E-state index in [1.165, 1.54) is 17.0 Å². The van der Waals surface area contributed by atoms with Crippen molar-refractivity contribution in [3.63, 3.8) is 0 Å². The predicted molar refractivity (Wildman–Crippen MR) is 78.9 cm³/mol. The van der Waals surface area contributed by atoms with Gasteiger partial charge in [0.2, 0.25) is 0 Å². The lowest BCUT2D eigenvalue weighted by Gasteiger charge is -2.22. The van der Waals surface area contributed by atoms with Crippen LogP contribution in [0.5, 0.6) is 0 Å². The molecule has 0 bridgehead atoms. The first-order chi connectivity index (χ1) is 9.88. The molecule has 0 saturated heterocycles. The van der Waals surface area contributed by atoms with Crippen LogP contribution in [-0.2, 0) is 0 Å². The van der Waals surface area contributed by atoms with Crippen LogP contribution in [0, 0.1) is 34.3 Å². The second-order valence-electron chi connectivity index (χ2n) is 4.76. The fourth-order valence-corrected chi connectivity index (χ4v) is 1.87. The molecule has 1 aromatic carbocycles. The number of hydrogen-bond acceptors (Lipinski definition) is 4. The molecule has 1 aromatic rings. The summed E-state index contributed by atoms with van der Waals surface area (Å²) in [5.74, 6) is -0.255. The summed E-state index contributed by atoms with van der Waals surface area (Å²) >= 11 is 0. The van der Waals surface area contributed by atoms with Crippen molar-refractivity contribution in [2.75, 3.05) is 18.4 Å². The van der Waals surface area contributed by atoms with Crippen molar-refractivity contribution in [2.24, 2.45) is 5.92 Å². The number of nitriles is 1. The minimum Gasteiger partial charge on any atom is -0.324 e. The third-order valence-electron chi connectivity index (χ3n) is 3.03. The van der Waals surface area contributed by atoms with E-state index in [0.717, 1.165) is 0 Å². The number of hydrogen-bond donors (Lipinski definition) is 1. The van der Waals surface area contributed by atoms with Gasteiger partial charge in [0.1, 0.15) is 0 Å². The van der Waals surface area contributed by atoms with Crippen LogP contribution in [0.15, 0.2) is 18.2 Å². The maximum Gasteiger partial charge on any atom is 0.321 e. The van der Waals surface area contributed by atoms with E-state index in [0.29, 0.717) is 24.3 Å². The summed E-state index contributed by atoms with van der Waals surface area (Å²) < 4.78 is 0. The molecule has 1 atom stereocenters. The maximum absolute atomic E-state index is 12.1. The van der Waals surface area contributed by atoms with Crippen LogP contribution in [-0.4, -0.2) is 28.9 Å². The molecule has 0 radical (unpaired) electrons. The normalized spacial score (nSPS) is 11.3. The van der Waals surface area contributed by atoms with Crippen molar-refractivity contribution in [3.05, 3.63) is 33.9 Å². The van der Waals surface area contributed by atoms with E-state index in [-0.39, 0.29) is 17.6 Å². The Hall–Kier alpha value is -2.62. The highest BCUT2D eigenvalue weighted by molar-refractivity contribution is 5.89. The van der Waals surface area contributed by atoms with Crippen LogP contribution in [0.3, 0.4) is 0 Å². The minimum absolute atomic E-state index is 0.0125. The van der Waals surface area contributed by atoms with E-state index < -0.39 is 4.92 Å². The molecule has 7 nitrogen and oxygen atoms in total. The van der Waals surface area contributed by atoms with Gasteiger partial charge < -0.3 is 10.2 Å². The van der Waals surface area contributed by atoms with E-state index >= 15 is 0 Å². The van der Waals surface area contributed by atoms with Gasteiger partial charge in [0.05, 0.1) is 16.9 Å². The number of aryl methyl sites for hydroxylation is 1. The summed E-state index contributed by atoms with van der Waals surface area (Å²) in [5.41, 5.74) is 0.982. The van der Waals surface area contributed by atoms with Gasteiger partial charge in [0, 0.05) is 30.4 Å². The first-order valence-electron chi connectivity index (χ1n) is 6.59. The van der Waals surface area contributed by atoms with Crippen LogP contribution in [0.4, 0.5) is 16.2 Å². The number of nitro groups is 1. The van der Waals surface area contributed by atoms with Gasteiger partial charge in [0.25, 0.3) is 5.69 Å². The van der Waals surface area contributed by atoms with Crippen molar-refractivity contribution in [3.8, 4) is 6.07 Å². The number of urea groups is 1. The zero-order valence-electron chi connectivity index (χ0n) is 12.3. The lowest BCUT2D eigenvalue weighted by molar-refractivity contribution is -0.385. The van der Waals surface area contributed by atoms with E-state index in [1.807, 2.05) is 6.92 Å². The summed E-state index contributed by atoms with van der Waals surface area (Å²) in [6.07, 6.45) is 0. The van der Waals surface area contributed by atoms with Crippen LogP contribution in [0.1, 0.15) is 19.4 Å². The Kier molecular flexibility index (Phi) is 5.67. The molecule has 0 saturated carbocycles. The van der Waals surface area contributed by atoms with Crippen LogP contribution >= 0.6 is 0 Å². The molecule has 1 unspecified atom stereocenters. The van der Waals surface area contributed by atoms with Gasteiger partial charge in [-0.25, -0.2) is 4.79 Å². The maximum atomic E-state index is 12.1. The zero-order chi connectivity index (χ0) is 16.0. The van der Waals surface area contributed by atoms with Gasteiger partial charge in [-0.1, -0.05) is 0 Å². The van der Waals surface area contributed by atoms with Crippen LogP contribution < -0.4 is 5.32 Å². The first kappa shape index (κ1) is 16.4. The number of amides is 2. The fraction of sp³-hybridized carbons (Fsp3) is 0.429. The average molecular weight is 290 g/mol. The summed E-state index contributed by atoms with van der Waals surface area (Å²) in [7, 11) is 0. The van der Waals surface area contributed by atoms with Crippen molar-refractivity contribution < 1.29 is 9.72 Å². The third kappa shape index (κ3) is 4.45. The molecule has 1 rings (SSSR count). The standard InChI is InChI=1S/C14H18N4O3/c1-4-17(9-10(2)8-15)14(19)16-12-5-6-13(18(20)21)11(3)7-12/h5-7,10H,4,9H2,1-3H3,(H,16,19). The van der Waals surface area contributed by atoms with Crippen molar-refractivity contribution >= 4 is 17.4 Å². The molecule has 0 aliphatic carbocycles. The lowest BCUT2D eigenvalue weighted by Crippen LogP contribution is -2.37. The topological polar surface area (TPSA) is 99.3 Å². The second-order valence-corrected chi connectivity index (χ2v) is 4.76. The minimum atomic E-state index is -0.464. The highest BCUT2D eigenvalue weighted by atomic mass is 16.6. The third-order valence-corrected chi connectivity index (χ3v) is 3.03. The predicted octanol–water partition coefficient (Wildman–Crippen LogP) is 2.92. The molecular formula is C14H18N4O3. The van der Waals surface area contributed by atoms with E-state index in [1.54, 1.807) is 19.9 Å². The molecule has 7 heteroatoms. The highest BCUT2D eigenvalue weighted by Crippen LogP contribution is 2.21.